The number of carbonyl (C=O) groups is 2. The first-order valence-corrected chi connectivity index (χ1v) is 8.96. The highest BCUT2D eigenvalue weighted by Gasteiger charge is 2.27. The van der Waals surface area contributed by atoms with E-state index < -0.39 is 10.7 Å². The summed E-state index contributed by atoms with van der Waals surface area (Å²) in [5.74, 6) is 0.731. The molecule has 0 aliphatic carbocycles. The number of benzene rings is 1. The fourth-order valence-corrected chi connectivity index (χ4v) is 3.00. The molecule has 7 nitrogen and oxygen atoms in total. The van der Waals surface area contributed by atoms with Crippen molar-refractivity contribution >= 4 is 35.0 Å². The van der Waals surface area contributed by atoms with E-state index in [1.807, 2.05) is 0 Å². The Bertz CT molecular complexity index is 636. The minimum atomic E-state index is -1.09. The second-order valence-electron chi connectivity index (χ2n) is 5.79. The molecule has 0 atom stereocenters. The van der Waals surface area contributed by atoms with Gasteiger partial charge in [0.25, 0.3) is 11.8 Å². The number of nitrogens with one attached hydrogen (secondary N) is 1. The predicted octanol–water partition coefficient (Wildman–Crippen LogP) is 2.24. The maximum Gasteiger partial charge on any atom is 0.254 e. The molecule has 0 aromatic heterocycles. The number of alkyl halides is 2. The van der Waals surface area contributed by atoms with E-state index in [9.17, 15) is 9.59 Å². The zero-order valence-electron chi connectivity index (χ0n) is 14.9. The number of nitrogens with zero attached hydrogens (tertiary/aromatic N) is 1. The van der Waals surface area contributed by atoms with Crippen LogP contribution in [0.2, 0.25) is 0 Å². The maximum atomic E-state index is 12.8. The van der Waals surface area contributed by atoms with E-state index in [1.54, 1.807) is 17.0 Å². The molecule has 144 valence electrons. The summed E-state index contributed by atoms with van der Waals surface area (Å²) in [6, 6.07) is 3.21. The van der Waals surface area contributed by atoms with Crippen molar-refractivity contribution in [2.45, 2.75) is 23.7 Å². The first kappa shape index (κ1) is 20.5. The van der Waals surface area contributed by atoms with Gasteiger partial charge >= 0.3 is 0 Å². The van der Waals surface area contributed by atoms with Gasteiger partial charge in [-0.05, 0) is 25.0 Å². The predicted molar refractivity (Wildman–Crippen MR) is 98.7 cm³/mol. The molecule has 0 unspecified atom stereocenters. The zero-order chi connectivity index (χ0) is 19.3. The van der Waals surface area contributed by atoms with E-state index in [1.165, 1.54) is 21.3 Å². The van der Waals surface area contributed by atoms with Gasteiger partial charge in [-0.15, -0.1) is 0 Å². The average Bonchev–Trinajstić information content (AvgIpc) is 2.66. The van der Waals surface area contributed by atoms with Gasteiger partial charge < -0.3 is 24.4 Å². The molecule has 26 heavy (non-hydrogen) atoms. The Labute approximate surface area is 162 Å². The molecule has 2 rings (SSSR count). The van der Waals surface area contributed by atoms with Crippen LogP contribution in [-0.4, -0.2) is 62.0 Å². The van der Waals surface area contributed by atoms with Gasteiger partial charge in [-0.1, -0.05) is 23.2 Å². The van der Waals surface area contributed by atoms with Crippen molar-refractivity contribution in [2.24, 2.45) is 0 Å². The molecule has 1 saturated heterocycles. The smallest absolute Gasteiger partial charge is 0.254 e. The van der Waals surface area contributed by atoms with Gasteiger partial charge in [0.15, 0.2) is 16.3 Å². The molecule has 1 aliphatic heterocycles. The van der Waals surface area contributed by atoms with E-state index in [4.69, 9.17) is 37.4 Å². The molecule has 9 heteroatoms. The van der Waals surface area contributed by atoms with Crippen LogP contribution < -0.4 is 19.5 Å². The van der Waals surface area contributed by atoms with Gasteiger partial charge in [0.2, 0.25) is 5.75 Å². The summed E-state index contributed by atoms with van der Waals surface area (Å²) in [6.07, 6.45) is 1.25. The lowest BCUT2D eigenvalue weighted by atomic mass is 10.0. The largest absolute Gasteiger partial charge is 0.493 e. The summed E-state index contributed by atoms with van der Waals surface area (Å²) >= 11 is 11.1. The van der Waals surface area contributed by atoms with Gasteiger partial charge in [-0.3, -0.25) is 9.59 Å². The Morgan fingerprint density at radius 3 is 2.04 bits per heavy atom. The number of likely N-dealkylation sites (tertiary alicyclic amines) is 1. The van der Waals surface area contributed by atoms with Crippen molar-refractivity contribution in [3.05, 3.63) is 17.7 Å². The highest BCUT2D eigenvalue weighted by Crippen LogP contribution is 2.38. The van der Waals surface area contributed by atoms with E-state index in [0.717, 1.165) is 0 Å². The van der Waals surface area contributed by atoms with Gasteiger partial charge in [-0.2, -0.15) is 0 Å². The molecule has 0 spiro atoms. The van der Waals surface area contributed by atoms with Crippen molar-refractivity contribution in [1.82, 2.24) is 10.2 Å². The SMILES string of the molecule is COc1cc(C(=O)N2CCC(NC(=O)C(Cl)Cl)CC2)cc(OC)c1OC. The second-order valence-corrected chi connectivity index (χ2v) is 6.89. The molecule has 1 aliphatic rings. The zero-order valence-corrected chi connectivity index (χ0v) is 16.4. The van der Waals surface area contributed by atoms with Crippen LogP contribution in [0.25, 0.3) is 0 Å². The Kier molecular flexibility index (Phi) is 7.23. The molecule has 1 aromatic carbocycles. The minimum Gasteiger partial charge on any atom is -0.493 e. The van der Waals surface area contributed by atoms with Crippen LogP contribution in [0.5, 0.6) is 17.2 Å². The van der Waals surface area contributed by atoms with Gasteiger partial charge in [-0.25, -0.2) is 0 Å². The highest BCUT2D eigenvalue weighted by atomic mass is 35.5. The lowest BCUT2D eigenvalue weighted by molar-refractivity contribution is -0.120. The van der Waals surface area contributed by atoms with Gasteiger partial charge in [0, 0.05) is 24.7 Å². The molecule has 1 heterocycles. The second kappa shape index (κ2) is 9.19. The minimum absolute atomic E-state index is 0.0495. The quantitative estimate of drug-likeness (QED) is 0.735. The summed E-state index contributed by atoms with van der Waals surface area (Å²) in [5.41, 5.74) is 0.448. The number of methoxy groups -OCH3 is 3. The number of halogens is 2. The van der Waals surface area contributed by atoms with Crippen LogP contribution in [0.4, 0.5) is 0 Å². The van der Waals surface area contributed by atoms with Crippen molar-refractivity contribution in [1.29, 1.82) is 0 Å². The first-order chi connectivity index (χ1) is 12.4. The third-order valence-corrected chi connectivity index (χ3v) is 4.63. The van der Waals surface area contributed by atoms with E-state index in [2.05, 4.69) is 5.32 Å². The van der Waals surface area contributed by atoms with Gasteiger partial charge in [0.1, 0.15) is 0 Å². The molecule has 0 radical (unpaired) electrons. The summed E-state index contributed by atoms with van der Waals surface area (Å²) < 4.78 is 15.9. The Hall–Kier alpha value is -1.86. The van der Waals surface area contributed by atoms with Crippen LogP contribution in [-0.2, 0) is 4.79 Å². The highest BCUT2D eigenvalue weighted by molar-refractivity contribution is 6.53. The van der Waals surface area contributed by atoms with Crippen LogP contribution in [0.1, 0.15) is 23.2 Å². The van der Waals surface area contributed by atoms with E-state index >= 15 is 0 Å². The topological polar surface area (TPSA) is 77.1 Å². The summed E-state index contributed by atoms with van der Waals surface area (Å²) in [5, 5.41) is 2.77. The van der Waals surface area contributed by atoms with Crippen LogP contribution in [0.3, 0.4) is 0 Å². The number of carbonyl (C=O) groups excluding carboxylic acids is 2. The molecule has 0 saturated carbocycles. The fourth-order valence-electron chi connectivity index (χ4n) is 2.88. The Balaban J connectivity index is 2.07. The Morgan fingerprint density at radius 2 is 1.62 bits per heavy atom. The fraction of sp³-hybridized carbons (Fsp3) is 0.529. The van der Waals surface area contributed by atoms with Crippen molar-refractivity contribution in [2.75, 3.05) is 34.4 Å². The Morgan fingerprint density at radius 1 is 1.08 bits per heavy atom. The molecule has 1 fully saturated rings. The molecule has 2 amide bonds. The maximum absolute atomic E-state index is 12.8. The number of hydrogen-bond donors (Lipinski definition) is 1. The number of ether oxygens (including phenoxy) is 3. The number of hydrogen-bond acceptors (Lipinski definition) is 5. The normalized spacial score (nSPS) is 14.9. The standard InChI is InChI=1S/C17H22Cl2N2O5/c1-24-12-8-10(9-13(25-2)14(12)26-3)17(23)21-6-4-11(5-7-21)20-16(22)15(18)19/h8-9,11,15H,4-7H2,1-3H3,(H,20,22). The molecular formula is C17H22Cl2N2O5. The van der Waals surface area contributed by atoms with Crippen molar-refractivity contribution < 1.29 is 23.8 Å². The van der Waals surface area contributed by atoms with Crippen LogP contribution >= 0.6 is 23.2 Å². The number of amides is 2. The molecular weight excluding hydrogens is 383 g/mol. The van der Waals surface area contributed by atoms with Crippen molar-refractivity contribution in [3.63, 3.8) is 0 Å². The van der Waals surface area contributed by atoms with E-state index in [0.29, 0.717) is 48.7 Å². The summed E-state index contributed by atoms with van der Waals surface area (Å²) in [4.78, 5) is 25.0. The number of piperidine rings is 1. The average molecular weight is 405 g/mol. The lowest BCUT2D eigenvalue weighted by Crippen LogP contribution is -2.47. The summed E-state index contributed by atoms with van der Waals surface area (Å²) in [7, 11) is 4.51. The summed E-state index contributed by atoms with van der Waals surface area (Å²) in [6.45, 7) is 1.02. The van der Waals surface area contributed by atoms with E-state index in [-0.39, 0.29) is 11.9 Å². The molecule has 1 aromatic rings. The van der Waals surface area contributed by atoms with Crippen LogP contribution in [0.15, 0.2) is 12.1 Å². The third-order valence-electron chi connectivity index (χ3n) is 4.24. The van der Waals surface area contributed by atoms with Gasteiger partial charge in [0.05, 0.1) is 21.3 Å². The molecule has 1 N–H and O–H groups in total. The van der Waals surface area contributed by atoms with Crippen LogP contribution in [0, 0.1) is 0 Å². The monoisotopic (exact) mass is 404 g/mol. The lowest BCUT2D eigenvalue weighted by Gasteiger charge is -2.32. The first-order valence-electron chi connectivity index (χ1n) is 8.09. The van der Waals surface area contributed by atoms with Crippen molar-refractivity contribution in [3.8, 4) is 17.2 Å². The third kappa shape index (κ3) is 4.65. The molecule has 0 bridgehead atoms. The number of rotatable bonds is 6.